The second kappa shape index (κ2) is 11.0. The summed E-state index contributed by atoms with van der Waals surface area (Å²) in [4.78, 5) is 13.8. The van der Waals surface area contributed by atoms with Crippen molar-refractivity contribution in [3.05, 3.63) is 53.3 Å². The predicted molar refractivity (Wildman–Crippen MR) is 179 cm³/mol. The number of phenols is 1. The van der Waals surface area contributed by atoms with E-state index in [2.05, 4.69) is 40.0 Å². The molecule has 5 atom stereocenters. The van der Waals surface area contributed by atoms with E-state index in [9.17, 15) is 19.9 Å². The Kier molecular flexibility index (Phi) is 7.11. The van der Waals surface area contributed by atoms with Gasteiger partial charge < -0.3 is 25.2 Å². The van der Waals surface area contributed by atoms with E-state index in [4.69, 9.17) is 9.72 Å². The summed E-state index contributed by atoms with van der Waals surface area (Å²) < 4.78 is 38.2. The number of piperazine rings is 1. The van der Waals surface area contributed by atoms with Gasteiger partial charge in [-0.25, -0.2) is 8.78 Å². The maximum absolute atomic E-state index is 17.3. The van der Waals surface area contributed by atoms with Crippen LogP contribution in [0, 0.1) is 17.1 Å². The monoisotopic (exact) mass is 654 g/mol. The molecule has 1 aromatic heterocycles. The molecule has 4 aromatic rings. The molecule has 4 aliphatic rings. The molecule has 2 bridgehead atoms. The fraction of sp³-hybridized carbons (Fsp3) is 0.486. The molecule has 0 amide bonds. The summed E-state index contributed by atoms with van der Waals surface area (Å²) in [5.41, 5.74) is 0.0460. The molecule has 11 heteroatoms. The number of nitriles is 1. The number of alkyl halides is 1. The summed E-state index contributed by atoms with van der Waals surface area (Å²) in [5, 5.41) is 37.2. The van der Waals surface area contributed by atoms with Gasteiger partial charge in [0, 0.05) is 48.1 Å². The lowest BCUT2D eigenvalue weighted by Gasteiger charge is -2.45. The first kappa shape index (κ1) is 31.2. The third kappa shape index (κ3) is 4.96. The molecular formula is C37H40F2N6O3. The summed E-state index contributed by atoms with van der Waals surface area (Å²) >= 11 is 0. The van der Waals surface area contributed by atoms with Crippen LogP contribution in [0.2, 0.25) is 0 Å². The van der Waals surface area contributed by atoms with E-state index in [1.165, 1.54) is 6.07 Å². The molecule has 0 saturated carbocycles. The molecule has 0 radical (unpaired) electrons. The van der Waals surface area contributed by atoms with E-state index in [0.29, 0.717) is 53.6 Å². The van der Waals surface area contributed by atoms with Crippen molar-refractivity contribution in [2.45, 2.75) is 81.8 Å². The Morgan fingerprint density at radius 3 is 2.65 bits per heavy atom. The first-order valence-corrected chi connectivity index (χ1v) is 16.8. The minimum Gasteiger partial charge on any atom is -0.508 e. The Balaban J connectivity index is 1.33. The number of nitrogens with zero attached hydrogens (tertiary/aromatic N) is 5. The molecular weight excluding hydrogens is 614 g/mol. The zero-order valence-corrected chi connectivity index (χ0v) is 27.5. The van der Waals surface area contributed by atoms with E-state index < -0.39 is 23.6 Å². The van der Waals surface area contributed by atoms with Crippen LogP contribution >= 0.6 is 0 Å². The quantitative estimate of drug-likeness (QED) is 0.234. The summed E-state index contributed by atoms with van der Waals surface area (Å²) in [7, 11) is 0. The van der Waals surface area contributed by atoms with Gasteiger partial charge in [0.1, 0.15) is 29.9 Å². The van der Waals surface area contributed by atoms with Crippen LogP contribution < -0.4 is 15.0 Å². The highest BCUT2D eigenvalue weighted by atomic mass is 19.1. The Bertz CT molecular complexity index is 2000. The van der Waals surface area contributed by atoms with Crippen LogP contribution in [-0.2, 0) is 0 Å². The summed E-state index contributed by atoms with van der Waals surface area (Å²) in [6, 6.07) is 12.1. The zero-order chi connectivity index (χ0) is 33.6. The number of aromatic nitrogens is 2. The van der Waals surface area contributed by atoms with Crippen LogP contribution in [0.5, 0.6) is 11.8 Å². The molecule has 48 heavy (non-hydrogen) atoms. The van der Waals surface area contributed by atoms with Crippen LogP contribution in [0.3, 0.4) is 0 Å². The summed E-state index contributed by atoms with van der Waals surface area (Å²) in [5.74, 6) is -0.360. The standard InChI is InChI=1S/C37H40F2N6O3/c1-21(46)26-7-4-6-22-12-25(47)14-27(29(22)26)30-23(16-40)13-28-32(31(30)39)41-34(48-20-37-8-5-11-45(37)17-24(38)15-37)42-33(28)44-18-35(2)9-10-36(3,19-44)43-35/h4,6-7,12-14,21,24,43,46-47H,5,8-11,15,17-20H2,1-3H3/t21?,24-,35?,36?,37?/m1/s1. The Morgan fingerprint density at radius 1 is 1.15 bits per heavy atom. The first-order chi connectivity index (χ1) is 22.9. The lowest BCUT2D eigenvalue weighted by molar-refractivity contribution is 0.107. The SMILES string of the molecule is CC(O)c1cccc2cc(O)cc(-c3c(C#N)cc4c(N5CC6(C)CCC(C)(C5)N6)nc(OCC56CCCN5C[C@H](F)C6)nc4c3F)c12. The molecule has 250 valence electrons. The van der Waals surface area contributed by atoms with Crippen molar-refractivity contribution < 1.29 is 23.7 Å². The van der Waals surface area contributed by atoms with Crippen molar-refractivity contribution in [1.82, 2.24) is 20.2 Å². The van der Waals surface area contributed by atoms with Gasteiger partial charge in [0.15, 0.2) is 5.82 Å². The van der Waals surface area contributed by atoms with Gasteiger partial charge in [0.2, 0.25) is 0 Å². The number of aromatic hydroxyl groups is 1. The van der Waals surface area contributed by atoms with E-state index in [1.54, 1.807) is 37.3 Å². The number of ether oxygens (including phenoxy) is 1. The fourth-order valence-corrected chi connectivity index (χ4v) is 9.17. The molecule has 4 saturated heterocycles. The summed E-state index contributed by atoms with van der Waals surface area (Å²) in [6.07, 6.45) is 2.29. The van der Waals surface area contributed by atoms with E-state index in [0.717, 1.165) is 32.2 Å². The number of aliphatic hydroxyl groups excluding tert-OH is 1. The van der Waals surface area contributed by atoms with Crippen LogP contribution in [0.4, 0.5) is 14.6 Å². The largest absolute Gasteiger partial charge is 0.508 e. The van der Waals surface area contributed by atoms with Gasteiger partial charge in [-0.2, -0.15) is 15.2 Å². The third-order valence-electron chi connectivity index (χ3n) is 11.2. The van der Waals surface area contributed by atoms with Gasteiger partial charge >= 0.3 is 6.01 Å². The van der Waals surface area contributed by atoms with Gasteiger partial charge in [0.05, 0.1) is 23.3 Å². The first-order valence-electron chi connectivity index (χ1n) is 16.8. The van der Waals surface area contributed by atoms with E-state index >= 15 is 4.39 Å². The highest BCUT2D eigenvalue weighted by Gasteiger charge is 2.50. The number of nitrogens with one attached hydrogen (secondary N) is 1. The average molecular weight is 655 g/mol. The molecule has 4 unspecified atom stereocenters. The van der Waals surface area contributed by atoms with Crippen LogP contribution in [0.1, 0.15) is 70.1 Å². The molecule has 4 fully saturated rings. The molecule has 3 aromatic carbocycles. The van der Waals surface area contributed by atoms with Crippen molar-refractivity contribution in [2.75, 3.05) is 37.7 Å². The maximum Gasteiger partial charge on any atom is 0.319 e. The Labute approximate surface area is 278 Å². The van der Waals surface area contributed by atoms with Crippen molar-refractivity contribution in [1.29, 1.82) is 5.26 Å². The number of rotatable bonds is 6. The number of anilines is 1. The molecule has 8 rings (SSSR count). The number of hydrogen-bond donors (Lipinski definition) is 3. The van der Waals surface area contributed by atoms with Gasteiger partial charge in [-0.15, -0.1) is 0 Å². The van der Waals surface area contributed by atoms with Crippen molar-refractivity contribution in [3.8, 4) is 29.0 Å². The molecule has 9 nitrogen and oxygen atoms in total. The van der Waals surface area contributed by atoms with E-state index in [1.807, 2.05) is 0 Å². The maximum atomic E-state index is 17.3. The topological polar surface area (TPSA) is 118 Å². The summed E-state index contributed by atoms with van der Waals surface area (Å²) in [6.45, 7) is 8.61. The fourth-order valence-electron chi connectivity index (χ4n) is 9.17. The molecule has 5 heterocycles. The van der Waals surface area contributed by atoms with Crippen LogP contribution in [-0.4, -0.2) is 80.7 Å². The minimum absolute atomic E-state index is 0.00205. The van der Waals surface area contributed by atoms with E-state index in [-0.39, 0.29) is 51.7 Å². The lowest BCUT2D eigenvalue weighted by atomic mass is 9.89. The molecule has 0 spiro atoms. The van der Waals surface area contributed by atoms with Crippen LogP contribution in [0.15, 0.2) is 36.4 Å². The highest BCUT2D eigenvalue weighted by molar-refractivity contribution is 6.04. The minimum atomic E-state index is -0.923. The normalized spacial score (nSPS) is 29.0. The smallest absolute Gasteiger partial charge is 0.319 e. The Morgan fingerprint density at radius 2 is 1.92 bits per heavy atom. The zero-order valence-electron chi connectivity index (χ0n) is 27.5. The molecule has 0 aliphatic carbocycles. The second-order valence-corrected chi connectivity index (χ2v) is 15.0. The Hall–Kier alpha value is -4.11. The molecule has 4 aliphatic heterocycles. The highest BCUT2D eigenvalue weighted by Crippen LogP contribution is 2.45. The van der Waals surface area contributed by atoms with Gasteiger partial charge in [-0.1, -0.05) is 18.2 Å². The number of halogens is 2. The molecule has 3 N–H and O–H groups in total. The van der Waals surface area contributed by atoms with Gasteiger partial charge in [-0.3, -0.25) is 4.90 Å². The van der Waals surface area contributed by atoms with Crippen molar-refractivity contribution >= 4 is 27.5 Å². The third-order valence-corrected chi connectivity index (χ3v) is 11.2. The van der Waals surface area contributed by atoms with Gasteiger partial charge in [0.25, 0.3) is 0 Å². The number of aliphatic hydroxyl groups is 1. The number of fused-ring (bicyclic) bond motifs is 5. The number of benzene rings is 3. The number of hydrogen-bond acceptors (Lipinski definition) is 9. The second-order valence-electron chi connectivity index (χ2n) is 15.0. The van der Waals surface area contributed by atoms with Crippen molar-refractivity contribution in [2.24, 2.45) is 0 Å². The number of phenolic OH excluding ortho intramolecular Hbond substituents is 1. The average Bonchev–Trinajstić information content (AvgIpc) is 3.64. The predicted octanol–water partition coefficient (Wildman–Crippen LogP) is 5.90. The lowest BCUT2D eigenvalue weighted by Crippen LogP contribution is -2.63. The van der Waals surface area contributed by atoms with Crippen molar-refractivity contribution in [3.63, 3.8) is 0 Å². The van der Waals surface area contributed by atoms with Gasteiger partial charge in [-0.05, 0) is 93.1 Å². The van der Waals surface area contributed by atoms with Crippen LogP contribution in [0.25, 0.3) is 32.8 Å².